The van der Waals surface area contributed by atoms with Gasteiger partial charge in [-0.3, -0.25) is 19.6 Å². The van der Waals surface area contributed by atoms with Gasteiger partial charge in [-0.15, -0.1) is 0 Å². The minimum absolute atomic E-state index is 0.00539. The molecule has 1 aromatic rings. The number of hydrogen-bond acceptors (Lipinski definition) is 5. The largest absolute Gasteiger partial charge is 0.381 e. The molecule has 134 valence electrons. The Hall–Kier alpha value is -2.83. The average molecular weight is 354 g/mol. The molecule has 2 atom stereocenters. The summed E-state index contributed by atoms with van der Waals surface area (Å²) in [6.45, 7) is 1.94. The second-order valence-corrected chi connectivity index (χ2v) is 5.29. The molecule has 0 aliphatic carbocycles. The summed E-state index contributed by atoms with van der Waals surface area (Å²) in [6, 6.07) is 3.32. The summed E-state index contributed by atoms with van der Waals surface area (Å²) in [5.41, 5.74) is -1.35. The van der Waals surface area contributed by atoms with Crippen molar-refractivity contribution in [3.63, 3.8) is 0 Å². The van der Waals surface area contributed by atoms with Gasteiger partial charge >= 0.3 is 0 Å². The van der Waals surface area contributed by atoms with E-state index >= 15 is 0 Å². The number of alkyl halides is 2. The van der Waals surface area contributed by atoms with Crippen molar-refractivity contribution in [1.82, 2.24) is 10.8 Å². The molecule has 0 unspecified atom stereocenters. The Labute approximate surface area is 142 Å². The quantitative estimate of drug-likeness (QED) is 0.344. The van der Waals surface area contributed by atoms with Crippen molar-refractivity contribution in [2.75, 3.05) is 0 Å². The first-order valence-electron chi connectivity index (χ1n) is 6.97. The van der Waals surface area contributed by atoms with E-state index in [1.807, 2.05) is 5.32 Å². The van der Waals surface area contributed by atoms with Crippen LogP contribution in [0.1, 0.15) is 29.8 Å². The Morgan fingerprint density at radius 1 is 1.20 bits per heavy atom. The minimum Gasteiger partial charge on any atom is -0.381 e. The maximum atomic E-state index is 12.9. The smallest absolute Gasteiger partial charge is 0.269 e. The van der Waals surface area contributed by atoms with E-state index in [-0.39, 0.29) is 11.3 Å². The average Bonchev–Trinajstić information content (AvgIpc) is 2.57. The zero-order chi connectivity index (χ0) is 19.2. The summed E-state index contributed by atoms with van der Waals surface area (Å²) in [5, 5.41) is 20.3. The fraction of sp³-hybridized carbons (Fsp3) is 0.312. The summed E-state index contributed by atoms with van der Waals surface area (Å²) >= 11 is 0. The van der Waals surface area contributed by atoms with E-state index < -0.39 is 29.9 Å². The van der Waals surface area contributed by atoms with E-state index in [9.17, 15) is 28.3 Å². The molecule has 7 nitrogen and oxygen atoms in total. The van der Waals surface area contributed by atoms with Gasteiger partial charge in [0.15, 0.2) is 5.60 Å². The fourth-order valence-electron chi connectivity index (χ4n) is 1.75. The van der Waals surface area contributed by atoms with Crippen LogP contribution in [0.25, 0.3) is 0 Å². The number of carbonyl (C=O) groups is 3. The van der Waals surface area contributed by atoms with Crippen molar-refractivity contribution in [3.8, 4) is 11.8 Å². The highest BCUT2D eigenvalue weighted by atomic mass is 19.3. The molecule has 0 aliphatic rings. The van der Waals surface area contributed by atoms with Crippen LogP contribution in [-0.4, -0.2) is 46.0 Å². The molecule has 1 rings (SSSR count). The molecule has 9 heteroatoms. The molecule has 0 saturated carbocycles. The first-order chi connectivity index (χ1) is 11.6. The molecule has 0 spiro atoms. The van der Waals surface area contributed by atoms with Crippen LogP contribution < -0.4 is 10.8 Å². The van der Waals surface area contributed by atoms with E-state index in [0.717, 1.165) is 5.48 Å². The van der Waals surface area contributed by atoms with E-state index in [0.29, 0.717) is 12.5 Å². The first kappa shape index (κ1) is 20.2. The van der Waals surface area contributed by atoms with Gasteiger partial charge in [0.25, 0.3) is 18.2 Å². The van der Waals surface area contributed by atoms with Gasteiger partial charge in [-0.25, -0.2) is 14.3 Å². The molecule has 2 amide bonds. The predicted molar refractivity (Wildman–Crippen MR) is 81.8 cm³/mol. The lowest BCUT2D eigenvalue weighted by atomic mass is 9.95. The summed E-state index contributed by atoms with van der Waals surface area (Å²) in [6.07, 6.45) is -3.36. The van der Waals surface area contributed by atoms with Crippen LogP contribution in [0.3, 0.4) is 0 Å². The van der Waals surface area contributed by atoms with Crippen LogP contribution >= 0.6 is 0 Å². The van der Waals surface area contributed by atoms with Crippen LogP contribution in [0, 0.1) is 11.8 Å². The Morgan fingerprint density at radius 2 is 1.76 bits per heavy atom. The molecule has 0 fully saturated rings. The van der Waals surface area contributed by atoms with Crippen molar-refractivity contribution in [2.24, 2.45) is 0 Å². The van der Waals surface area contributed by atoms with Crippen LogP contribution in [0.5, 0.6) is 0 Å². The van der Waals surface area contributed by atoms with E-state index in [4.69, 9.17) is 5.21 Å². The second-order valence-electron chi connectivity index (χ2n) is 5.29. The number of Topliss-reactive ketones (excluding diaryl/α,β-unsaturated/α-hetero) is 1. The Morgan fingerprint density at radius 3 is 2.20 bits per heavy atom. The van der Waals surface area contributed by atoms with Crippen molar-refractivity contribution < 1.29 is 33.5 Å². The standard InChI is InChI=1S/C16H16F2N2O5/c1-9(21)3-4-10-5-7-11(8-6-10)13(22)19-12(14(23)20-25)16(2,24)15(17)18/h5-8,12,15,24-25H,1-2H3,(H,19,22)(H,20,23)/t12-,16+/m1/s1. The van der Waals surface area contributed by atoms with Gasteiger partial charge in [0, 0.05) is 18.1 Å². The number of ketones is 1. The third-order valence-electron chi connectivity index (χ3n) is 3.20. The molecular formula is C16H16F2N2O5. The van der Waals surface area contributed by atoms with Crippen LogP contribution in [0.4, 0.5) is 8.78 Å². The number of amides is 2. The summed E-state index contributed by atoms with van der Waals surface area (Å²) < 4.78 is 25.8. The van der Waals surface area contributed by atoms with Crippen molar-refractivity contribution in [3.05, 3.63) is 35.4 Å². The maximum Gasteiger partial charge on any atom is 0.269 e. The van der Waals surface area contributed by atoms with Crippen molar-refractivity contribution >= 4 is 17.6 Å². The highest BCUT2D eigenvalue weighted by Gasteiger charge is 2.46. The lowest BCUT2D eigenvalue weighted by Crippen LogP contribution is -2.61. The molecule has 0 radical (unpaired) electrons. The number of aliphatic hydroxyl groups is 1. The summed E-state index contributed by atoms with van der Waals surface area (Å²) in [7, 11) is 0. The van der Waals surface area contributed by atoms with E-state index in [1.165, 1.54) is 31.2 Å². The molecule has 0 aliphatic heterocycles. The van der Waals surface area contributed by atoms with Gasteiger partial charge in [0.2, 0.25) is 5.78 Å². The van der Waals surface area contributed by atoms with Gasteiger partial charge in [0.05, 0.1) is 0 Å². The maximum absolute atomic E-state index is 12.9. The Kier molecular flexibility index (Phi) is 6.73. The number of hydroxylamine groups is 1. The normalized spacial score (nSPS) is 13.9. The van der Waals surface area contributed by atoms with Crippen LogP contribution in [-0.2, 0) is 9.59 Å². The number of benzene rings is 1. The van der Waals surface area contributed by atoms with Crippen LogP contribution in [0.2, 0.25) is 0 Å². The molecule has 1 aromatic carbocycles. The first-order valence-corrected chi connectivity index (χ1v) is 6.97. The molecule has 0 bridgehead atoms. The topological polar surface area (TPSA) is 116 Å². The van der Waals surface area contributed by atoms with Crippen molar-refractivity contribution in [2.45, 2.75) is 31.9 Å². The lowest BCUT2D eigenvalue weighted by molar-refractivity contribution is -0.149. The number of carbonyl (C=O) groups excluding carboxylic acids is 3. The van der Waals surface area contributed by atoms with Gasteiger partial charge in [-0.1, -0.05) is 5.92 Å². The predicted octanol–water partition coefficient (Wildman–Crippen LogP) is 0.247. The molecule has 4 N–H and O–H groups in total. The van der Waals surface area contributed by atoms with Gasteiger partial charge in [-0.05, 0) is 37.1 Å². The zero-order valence-electron chi connectivity index (χ0n) is 13.3. The molecule has 0 heterocycles. The monoisotopic (exact) mass is 354 g/mol. The van der Waals surface area contributed by atoms with E-state index in [2.05, 4.69) is 11.8 Å². The zero-order valence-corrected chi connectivity index (χ0v) is 13.3. The van der Waals surface area contributed by atoms with Gasteiger partial charge in [0.1, 0.15) is 6.04 Å². The van der Waals surface area contributed by atoms with Crippen LogP contribution in [0.15, 0.2) is 24.3 Å². The summed E-state index contributed by atoms with van der Waals surface area (Å²) in [4.78, 5) is 34.4. The molecule has 25 heavy (non-hydrogen) atoms. The van der Waals surface area contributed by atoms with E-state index in [1.54, 1.807) is 0 Å². The highest BCUT2D eigenvalue weighted by Crippen LogP contribution is 2.20. The Bertz CT molecular complexity index is 720. The highest BCUT2D eigenvalue weighted by molar-refractivity contribution is 5.98. The fourth-order valence-corrected chi connectivity index (χ4v) is 1.75. The number of rotatable bonds is 5. The lowest BCUT2D eigenvalue weighted by Gasteiger charge is -2.30. The van der Waals surface area contributed by atoms with Gasteiger partial charge < -0.3 is 10.4 Å². The molecule has 0 aromatic heterocycles. The summed E-state index contributed by atoms with van der Waals surface area (Å²) in [5.74, 6) is 2.19. The van der Waals surface area contributed by atoms with Crippen molar-refractivity contribution in [1.29, 1.82) is 0 Å². The third kappa shape index (κ3) is 5.34. The minimum atomic E-state index is -3.36. The SMILES string of the molecule is CC(=O)C#Cc1ccc(C(=O)N[C@H](C(=O)NO)[C@](C)(O)C(F)F)cc1. The number of halogens is 2. The molecule has 0 saturated heterocycles. The molecular weight excluding hydrogens is 338 g/mol. The Balaban J connectivity index is 3.00. The van der Waals surface area contributed by atoms with Gasteiger partial charge in [-0.2, -0.15) is 0 Å². The number of hydrogen-bond donors (Lipinski definition) is 4. The number of nitrogens with one attached hydrogen (secondary N) is 2. The second kappa shape index (κ2) is 8.32. The third-order valence-corrected chi connectivity index (χ3v) is 3.20.